The van der Waals surface area contributed by atoms with E-state index in [4.69, 9.17) is 9.47 Å². The second kappa shape index (κ2) is 10.3. The van der Waals surface area contributed by atoms with E-state index in [0.717, 1.165) is 5.69 Å². The van der Waals surface area contributed by atoms with Gasteiger partial charge in [-0.1, -0.05) is 18.2 Å². The van der Waals surface area contributed by atoms with Crippen molar-refractivity contribution in [3.8, 4) is 28.4 Å². The van der Waals surface area contributed by atoms with E-state index in [2.05, 4.69) is 20.7 Å². The van der Waals surface area contributed by atoms with Gasteiger partial charge in [0.15, 0.2) is 0 Å². The van der Waals surface area contributed by atoms with Gasteiger partial charge in [-0.2, -0.15) is 5.10 Å². The molecule has 0 saturated carbocycles. The van der Waals surface area contributed by atoms with Crippen molar-refractivity contribution in [1.82, 2.24) is 20.1 Å². The maximum absolute atomic E-state index is 13.2. The molecule has 0 aliphatic heterocycles. The molecule has 34 heavy (non-hydrogen) atoms. The molecule has 2 N–H and O–H groups in total. The molecule has 0 bridgehead atoms. The SMILES string of the molecule is COc1ccc(OC)c(-c2nn(-c3ccccc3)cc2C(=O)NCC(=O)Nc2cccnc2)c1. The number of nitrogens with one attached hydrogen (secondary N) is 2. The third kappa shape index (κ3) is 5.04. The Morgan fingerprint density at radius 1 is 1.00 bits per heavy atom. The average molecular weight is 457 g/mol. The summed E-state index contributed by atoms with van der Waals surface area (Å²) in [6, 6.07) is 18.1. The van der Waals surface area contributed by atoms with Crippen molar-refractivity contribution in [2.24, 2.45) is 0 Å². The van der Waals surface area contributed by atoms with Crippen molar-refractivity contribution in [2.45, 2.75) is 0 Å². The first-order valence-corrected chi connectivity index (χ1v) is 10.4. The van der Waals surface area contributed by atoms with Crippen LogP contribution in [-0.2, 0) is 4.79 Å². The van der Waals surface area contributed by atoms with Gasteiger partial charge in [-0.15, -0.1) is 0 Å². The minimum Gasteiger partial charge on any atom is -0.497 e. The standard InChI is InChI=1S/C25H23N5O4/c1-33-19-10-11-22(34-2)20(13-19)24-21(16-30(29-24)18-8-4-3-5-9-18)25(32)27-15-23(31)28-17-7-6-12-26-14-17/h3-14,16H,15H2,1-2H3,(H,27,32)(H,28,31). The smallest absolute Gasteiger partial charge is 0.255 e. The van der Waals surface area contributed by atoms with E-state index in [1.165, 1.54) is 6.20 Å². The minimum atomic E-state index is -0.455. The highest BCUT2D eigenvalue weighted by Crippen LogP contribution is 2.35. The molecule has 0 aliphatic rings. The highest BCUT2D eigenvalue weighted by Gasteiger charge is 2.22. The molecule has 4 rings (SSSR count). The summed E-state index contributed by atoms with van der Waals surface area (Å²) >= 11 is 0. The second-order valence-electron chi connectivity index (χ2n) is 7.21. The summed E-state index contributed by atoms with van der Waals surface area (Å²) in [4.78, 5) is 29.4. The highest BCUT2D eigenvalue weighted by molar-refractivity contribution is 6.03. The number of methoxy groups -OCH3 is 2. The Labute approximate surface area is 196 Å². The maximum atomic E-state index is 13.2. The molecule has 2 aromatic heterocycles. The number of para-hydroxylation sites is 1. The Hall–Kier alpha value is -4.66. The normalized spacial score (nSPS) is 10.4. The molecule has 0 spiro atoms. The molecule has 9 nitrogen and oxygen atoms in total. The van der Waals surface area contributed by atoms with E-state index in [9.17, 15) is 9.59 Å². The van der Waals surface area contributed by atoms with Crippen molar-refractivity contribution >= 4 is 17.5 Å². The fraction of sp³-hybridized carbons (Fsp3) is 0.120. The van der Waals surface area contributed by atoms with Gasteiger partial charge in [0.05, 0.1) is 43.9 Å². The Kier molecular flexibility index (Phi) is 6.83. The summed E-state index contributed by atoms with van der Waals surface area (Å²) in [5.74, 6) is 0.287. The van der Waals surface area contributed by atoms with E-state index in [-0.39, 0.29) is 18.0 Å². The van der Waals surface area contributed by atoms with Crippen LogP contribution in [0.5, 0.6) is 11.5 Å². The number of hydrogen-bond donors (Lipinski definition) is 2. The highest BCUT2D eigenvalue weighted by atomic mass is 16.5. The minimum absolute atomic E-state index is 0.223. The first-order chi connectivity index (χ1) is 16.6. The van der Waals surface area contributed by atoms with Gasteiger partial charge in [0.1, 0.15) is 17.2 Å². The zero-order valence-corrected chi connectivity index (χ0v) is 18.7. The zero-order valence-electron chi connectivity index (χ0n) is 18.7. The lowest BCUT2D eigenvalue weighted by atomic mass is 10.1. The molecular formula is C25H23N5O4. The van der Waals surface area contributed by atoms with Gasteiger partial charge in [0.25, 0.3) is 5.91 Å². The molecule has 2 amide bonds. The van der Waals surface area contributed by atoms with Crippen LogP contribution in [0.15, 0.2) is 79.3 Å². The van der Waals surface area contributed by atoms with Crippen LogP contribution in [0.2, 0.25) is 0 Å². The summed E-state index contributed by atoms with van der Waals surface area (Å²) in [6.45, 7) is -0.223. The van der Waals surface area contributed by atoms with E-state index in [0.29, 0.717) is 28.4 Å². The van der Waals surface area contributed by atoms with Crippen LogP contribution in [0.4, 0.5) is 5.69 Å². The number of nitrogens with zero attached hydrogens (tertiary/aromatic N) is 3. The quantitative estimate of drug-likeness (QED) is 0.420. The molecule has 9 heteroatoms. The molecule has 4 aromatic rings. The molecular weight excluding hydrogens is 434 g/mol. The number of anilines is 1. The van der Waals surface area contributed by atoms with Crippen LogP contribution in [0.1, 0.15) is 10.4 Å². The summed E-state index contributed by atoms with van der Waals surface area (Å²) < 4.78 is 12.5. The van der Waals surface area contributed by atoms with Crippen molar-refractivity contribution in [3.05, 3.63) is 84.8 Å². The van der Waals surface area contributed by atoms with Crippen LogP contribution in [0, 0.1) is 0 Å². The van der Waals surface area contributed by atoms with Gasteiger partial charge in [0.2, 0.25) is 5.91 Å². The first kappa shape index (κ1) is 22.5. The van der Waals surface area contributed by atoms with Crippen molar-refractivity contribution in [2.75, 3.05) is 26.1 Å². The van der Waals surface area contributed by atoms with E-state index in [1.807, 2.05) is 30.3 Å². The average Bonchev–Trinajstić information content (AvgIpc) is 3.33. The number of benzene rings is 2. The lowest BCUT2D eigenvalue weighted by molar-refractivity contribution is -0.115. The predicted octanol–water partition coefficient (Wildman–Crippen LogP) is 3.32. The number of ether oxygens (including phenoxy) is 2. The van der Waals surface area contributed by atoms with Crippen LogP contribution in [0.3, 0.4) is 0 Å². The third-order valence-corrected chi connectivity index (χ3v) is 5.00. The van der Waals surface area contributed by atoms with Crippen molar-refractivity contribution < 1.29 is 19.1 Å². The maximum Gasteiger partial charge on any atom is 0.255 e. The van der Waals surface area contributed by atoms with Crippen molar-refractivity contribution in [1.29, 1.82) is 0 Å². The molecule has 172 valence electrons. The number of amides is 2. The number of carbonyl (C=O) groups is 2. The summed E-state index contributed by atoms with van der Waals surface area (Å²) in [5, 5.41) is 10.0. The van der Waals surface area contributed by atoms with Crippen LogP contribution in [0.25, 0.3) is 16.9 Å². The van der Waals surface area contributed by atoms with E-state index < -0.39 is 5.91 Å². The van der Waals surface area contributed by atoms with Gasteiger partial charge in [-0.3, -0.25) is 14.6 Å². The van der Waals surface area contributed by atoms with E-state index >= 15 is 0 Å². The van der Waals surface area contributed by atoms with Gasteiger partial charge in [-0.05, 0) is 42.5 Å². The fourth-order valence-electron chi connectivity index (χ4n) is 3.35. The van der Waals surface area contributed by atoms with Gasteiger partial charge >= 0.3 is 0 Å². The molecule has 0 saturated heterocycles. The van der Waals surface area contributed by atoms with Crippen LogP contribution >= 0.6 is 0 Å². The Balaban J connectivity index is 1.65. The Bertz CT molecular complexity index is 1290. The Morgan fingerprint density at radius 3 is 2.53 bits per heavy atom. The lowest BCUT2D eigenvalue weighted by Crippen LogP contribution is -2.33. The monoisotopic (exact) mass is 457 g/mol. The summed E-state index contributed by atoms with van der Waals surface area (Å²) in [5.41, 5.74) is 2.58. The molecule has 0 unspecified atom stereocenters. The number of rotatable bonds is 8. The van der Waals surface area contributed by atoms with E-state index in [1.54, 1.807) is 61.6 Å². The molecule has 0 radical (unpaired) electrons. The van der Waals surface area contributed by atoms with Crippen molar-refractivity contribution in [3.63, 3.8) is 0 Å². The number of pyridine rings is 1. The van der Waals surface area contributed by atoms with Gasteiger partial charge in [0, 0.05) is 18.0 Å². The second-order valence-corrected chi connectivity index (χ2v) is 7.21. The number of hydrogen-bond acceptors (Lipinski definition) is 6. The molecule has 2 heterocycles. The number of aromatic nitrogens is 3. The predicted molar refractivity (Wildman–Crippen MR) is 127 cm³/mol. The zero-order chi connectivity index (χ0) is 23.9. The largest absolute Gasteiger partial charge is 0.497 e. The van der Waals surface area contributed by atoms with Crippen LogP contribution < -0.4 is 20.1 Å². The molecule has 2 aromatic carbocycles. The topological polar surface area (TPSA) is 107 Å². The number of carbonyl (C=O) groups excluding carboxylic acids is 2. The summed E-state index contributed by atoms with van der Waals surface area (Å²) in [6.07, 6.45) is 4.75. The third-order valence-electron chi connectivity index (χ3n) is 5.00. The lowest BCUT2D eigenvalue weighted by Gasteiger charge is -2.10. The Morgan fingerprint density at radius 2 is 1.82 bits per heavy atom. The summed E-state index contributed by atoms with van der Waals surface area (Å²) in [7, 11) is 3.10. The molecule has 0 fully saturated rings. The molecule has 0 atom stereocenters. The first-order valence-electron chi connectivity index (χ1n) is 10.4. The van der Waals surface area contributed by atoms with Gasteiger partial charge < -0.3 is 20.1 Å². The fourth-order valence-corrected chi connectivity index (χ4v) is 3.35. The van der Waals surface area contributed by atoms with Gasteiger partial charge in [-0.25, -0.2) is 4.68 Å². The van der Waals surface area contributed by atoms with Crippen LogP contribution in [-0.4, -0.2) is 47.3 Å². The molecule has 0 aliphatic carbocycles.